The van der Waals surface area contributed by atoms with Crippen LogP contribution < -0.4 is 14.8 Å². The molecule has 2 aliphatic heterocycles. The summed E-state index contributed by atoms with van der Waals surface area (Å²) < 4.78 is 12.0. The second kappa shape index (κ2) is 12.3. The number of carbonyl (C=O) groups excluding carboxylic acids is 4. The second-order valence-corrected chi connectivity index (χ2v) is 10.2. The number of carbonyl (C=O) groups is 4. The minimum absolute atomic E-state index is 0.207. The van der Waals surface area contributed by atoms with E-state index in [9.17, 15) is 19.2 Å². The van der Waals surface area contributed by atoms with Crippen LogP contribution in [0.4, 0.5) is 10.5 Å². The van der Waals surface area contributed by atoms with Gasteiger partial charge < -0.3 is 19.7 Å². The van der Waals surface area contributed by atoms with E-state index in [1.165, 1.54) is 0 Å². The molecule has 0 spiro atoms. The Balaban J connectivity index is 1.46. The number of imide groups is 1. The molecular formula is C26H26BrN3O6S. The molecule has 2 aromatic rings. The number of nitrogens with one attached hydrogen (secondary N) is 1. The largest absolute Gasteiger partial charge is 0.490 e. The van der Waals surface area contributed by atoms with E-state index >= 15 is 0 Å². The minimum Gasteiger partial charge on any atom is -0.490 e. The fourth-order valence-corrected chi connectivity index (χ4v) is 5.15. The molecule has 0 bridgehead atoms. The number of anilines is 1. The maximum Gasteiger partial charge on any atom is 0.294 e. The Bertz CT molecular complexity index is 1230. The van der Waals surface area contributed by atoms with Gasteiger partial charge in [0.25, 0.3) is 17.1 Å². The normalized spacial score (nSPS) is 16.4. The van der Waals surface area contributed by atoms with Crippen molar-refractivity contribution < 1.29 is 28.7 Å². The fourth-order valence-electron chi connectivity index (χ4n) is 3.88. The lowest BCUT2D eigenvalue weighted by Crippen LogP contribution is -2.40. The number of hydrogen-bond acceptors (Lipinski definition) is 7. The molecule has 2 aliphatic rings. The maximum absolute atomic E-state index is 12.9. The van der Waals surface area contributed by atoms with Crippen molar-refractivity contribution >= 4 is 62.4 Å². The molecule has 9 nitrogen and oxygen atoms in total. The number of ether oxygens (including phenoxy) is 2. The first-order chi connectivity index (χ1) is 17.9. The molecule has 0 saturated carbocycles. The molecule has 194 valence electrons. The van der Waals surface area contributed by atoms with Crippen molar-refractivity contribution in [3.8, 4) is 11.5 Å². The van der Waals surface area contributed by atoms with Crippen LogP contribution in [0.1, 0.15) is 25.3 Å². The maximum atomic E-state index is 12.9. The molecule has 11 heteroatoms. The first-order valence-electron chi connectivity index (χ1n) is 11.8. The van der Waals surface area contributed by atoms with Gasteiger partial charge in [0.15, 0.2) is 18.1 Å². The number of nitrogens with zero attached hydrogens (tertiary/aromatic N) is 2. The smallest absolute Gasteiger partial charge is 0.294 e. The summed E-state index contributed by atoms with van der Waals surface area (Å²) in [6.45, 7) is 2.98. The van der Waals surface area contributed by atoms with Crippen molar-refractivity contribution in [3.63, 3.8) is 0 Å². The molecule has 0 radical (unpaired) electrons. The van der Waals surface area contributed by atoms with Crippen molar-refractivity contribution in [3.05, 3.63) is 57.4 Å². The topological polar surface area (TPSA) is 105 Å². The lowest BCUT2D eigenvalue weighted by molar-refractivity contribution is -0.135. The average molecular weight is 588 g/mol. The number of amides is 4. The van der Waals surface area contributed by atoms with Gasteiger partial charge in [-0.15, -0.1) is 0 Å². The Morgan fingerprint density at radius 1 is 1.08 bits per heavy atom. The molecule has 0 aromatic heterocycles. The molecule has 37 heavy (non-hydrogen) atoms. The quantitative estimate of drug-likeness (QED) is 0.430. The summed E-state index contributed by atoms with van der Waals surface area (Å²) in [4.78, 5) is 53.0. The van der Waals surface area contributed by atoms with E-state index in [-0.39, 0.29) is 29.9 Å². The number of hydrogen-bond donors (Lipinski definition) is 1. The van der Waals surface area contributed by atoms with E-state index in [1.54, 1.807) is 35.2 Å². The predicted octanol–water partition coefficient (Wildman–Crippen LogP) is 4.52. The molecular weight excluding hydrogens is 562 g/mol. The highest BCUT2D eigenvalue weighted by atomic mass is 79.9. The summed E-state index contributed by atoms with van der Waals surface area (Å²) in [6.07, 6.45) is 3.44. The van der Waals surface area contributed by atoms with Gasteiger partial charge in [-0.25, -0.2) is 0 Å². The van der Waals surface area contributed by atoms with Gasteiger partial charge in [-0.1, -0.05) is 34.1 Å². The van der Waals surface area contributed by atoms with Crippen LogP contribution in [-0.2, 0) is 14.4 Å². The summed E-state index contributed by atoms with van der Waals surface area (Å²) in [6, 6.07) is 12.4. The van der Waals surface area contributed by atoms with Gasteiger partial charge in [0.2, 0.25) is 5.91 Å². The van der Waals surface area contributed by atoms with Crippen LogP contribution in [0, 0.1) is 0 Å². The first-order valence-corrected chi connectivity index (χ1v) is 13.4. The standard InChI is InChI=1S/C26H26BrN3O6S/c1-2-35-20-12-17(19(27)14-21(20)36-16-23(31)28-18-8-4-3-5-9-18)13-22-25(33)30(26(34)37-22)15-24(32)29-10-6-7-11-29/h3-5,8-9,12-14H,2,6-7,10-11,15-16H2,1H3,(H,28,31)/b22-13+. The van der Waals surface area contributed by atoms with Crippen LogP contribution >= 0.6 is 27.7 Å². The zero-order valence-corrected chi connectivity index (χ0v) is 22.6. The first kappa shape index (κ1) is 26.7. The number of para-hydroxylation sites is 1. The summed E-state index contributed by atoms with van der Waals surface area (Å²) in [5, 5.41) is 2.27. The average Bonchev–Trinajstić information content (AvgIpc) is 3.51. The van der Waals surface area contributed by atoms with Gasteiger partial charge in [0.05, 0.1) is 11.5 Å². The number of halogens is 1. The van der Waals surface area contributed by atoms with Crippen LogP contribution in [0.3, 0.4) is 0 Å². The summed E-state index contributed by atoms with van der Waals surface area (Å²) in [5.74, 6) is -0.332. The lowest BCUT2D eigenvalue weighted by atomic mass is 10.1. The van der Waals surface area contributed by atoms with Crippen molar-refractivity contribution in [2.75, 3.05) is 38.2 Å². The van der Waals surface area contributed by atoms with Crippen LogP contribution in [-0.4, -0.2) is 65.6 Å². The van der Waals surface area contributed by atoms with Crippen LogP contribution in [0.25, 0.3) is 6.08 Å². The Kier molecular flexibility index (Phi) is 8.88. The van der Waals surface area contributed by atoms with Crippen LogP contribution in [0.2, 0.25) is 0 Å². The third-order valence-corrected chi connectivity index (χ3v) is 7.29. The molecule has 0 unspecified atom stereocenters. The zero-order valence-electron chi connectivity index (χ0n) is 20.2. The van der Waals surface area contributed by atoms with Gasteiger partial charge in [-0.3, -0.25) is 24.1 Å². The minimum atomic E-state index is -0.509. The third-order valence-electron chi connectivity index (χ3n) is 5.69. The van der Waals surface area contributed by atoms with E-state index in [4.69, 9.17) is 9.47 Å². The van der Waals surface area contributed by atoms with Crippen molar-refractivity contribution in [1.29, 1.82) is 0 Å². The lowest BCUT2D eigenvalue weighted by Gasteiger charge is -2.18. The highest BCUT2D eigenvalue weighted by Gasteiger charge is 2.37. The van der Waals surface area contributed by atoms with E-state index in [2.05, 4.69) is 21.2 Å². The SMILES string of the molecule is CCOc1cc(/C=C2/SC(=O)N(CC(=O)N3CCCC3)C2=O)c(Br)cc1OCC(=O)Nc1ccccc1. The van der Waals surface area contributed by atoms with Gasteiger partial charge >= 0.3 is 0 Å². The molecule has 2 saturated heterocycles. The molecule has 4 rings (SSSR count). The van der Waals surface area contributed by atoms with Gasteiger partial charge in [0, 0.05) is 23.2 Å². The van der Waals surface area contributed by atoms with Gasteiger partial charge in [0.1, 0.15) is 6.54 Å². The van der Waals surface area contributed by atoms with Crippen molar-refractivity contribution in [2.24, 2.45) is 0 Å². The van der Waals surface area contributed by atoms with E-state index in [1.807, 2.05) is 25.1 Å². The summed E-state index contributed by atoms with van der Waals surface area (Å²) in [5.41, 5.74) is 1.25. The second-order valence-electron chi connectivity index (χ2n) is 8.31. The zero-order chi connectivity index (χ0) is 26.4. The molecule has 2 fully saturated rings. The Labute approximate surface area is 227 Å². The molecule has 2 aromatic carbocycles. The molecule has 1 N–H and O–H groups in total. The Hall–Kier alpha value is -3.31. The van der Waals surface area contributed by atoms with Crippen LogP contribution in [0.15, 0.2) is 51.8 Å². The number of likely N-dealkylation sites (tertiary alicyclic amines) is 1. The number of thioether (sulfide) groups is 1. The fraction of sp³-hybridized carbons (Fsp3) is 0.308. The molecule has 0 aliphatic carbocycles. The van der Waals surface area contributed by atoms with E-state index in [0.29, 0.717) is 46.9 Å². The van der Waals surface area contributed by atoms with E-state index < -0.39 is 11.1 Å². The number of benzene rings is 2. The molecule has 0 atom stereocenters. The molecule has 4 amide bonds. The third kappa shape index (κ3) is 6.72. The predicted molar refractivity (Wildman–Crippen MR) is 144 cm³/mol. The van der Waals surface area contributed by atoms with Crippen molar-refractivity contribution in [2.45, 2.75) is 19.8 Å². The highest BCUT2D eigenvalue weighted by Crippen LogP contribution is 2.38. The molecule has 2 heterocycles. The van der Waals surface area contributed by atoms with Gasteiger partial charge in [-0.05, 0) is 67.4 Å². The number of rotatable bonds is 9. The van der Waals surface area contributed by atoms with E-state index in [0.717, 1.165) is 29.5 Å². The van der Waals surface area contributed by atoms with Crippen molar-refractivity contribution in [1.82, 2.24) is 9.80 Å². The van der Waals surface area contributed by atoms with Gasteiger partial charge in [-0.2, -0.15) is 0 Å². The van der Waals surface area contributed by atoms with Crippen LogP contribution in [0.5, 0.6) is 11.5 Å². The monoisotopic (exact) mass is 587 g/mol. The highest BCUT2D eigenvalue weighted by molar-refractivity contribution is 9.10. The Morgan fingerprint density at radius 3 is 2.49 bits per heavy atom. The summed E-state index contributed by atoms with van der Waals surface area (Å²) >= 11 is 4.27. The summed E-state index contributed by atoms with van der Waals surface area (Å²) in [7, 11) is 0. The Morgan fingerprint density at radius 2 is 1.78 bits per heavy atom.